The molecule has 0 radical (unpaired) electrons. The van der Waals surface area contributed by atoms with Gasteiger partial charge in [-0.1, -0.05) is 0 Å². The summed E-state index contributed by atoms with van der Waals surface area (Å²) in [5, 5.41) is 3.41. The van der Waals surface area contributed by atoms with Crippen LogP contribution in [-0.2, 0) is 26.3 Å². The fraction of sp³-hybridized carbons (Fsp3) is 0.591. The first kappa shape index (κ1) is 18.9. The molecule has 0 saturated carbocycles. The van der Waals surface area contributed by atoms with E-state index in [1.165, 1.54) is 10.4 Å². The zero-order chi connectivity index (χ0) is 20.2. The number of ether oxygens (including phenoxy) is 2. The van der Waals surface area contributed by atoms with E-state index in [2.05, 4.69) is 26.3 Å². The highest BCUT2D eigenvalue weighted by Crippen LogP contribution is 2.47. The largest absolute Gasteiger partial charge is 0.380 e. The fourth-order valence-corrected chi connectivity index (χ4v) is 6.85. The first-order valence-corrected chi connectivity index (χ1v) is 11.6. The highest BCUT2D eigenvalue weighted by atomic mass is 32.1. The van der Waals surface area contributed by atoms with E-state index in [4.69, 9.17) is 9.47 Å². The summed E-state index contributed by atoms with van der Waals surface area (Å²) < 4.78 is 12.1. The zero-order valence-electron chi connectivity index (χ0n) is 16.9. The van der Waals surface area contributed by atoms with E-state index in [0.29, 0.717) is 19.1 Å². The van der Waals surface area contributed by atoms with Crippen LogP contribution in [0.5, 0.6) is 0 Å². The zero-order valence-corrected chi connectivity index (χ0v) is 17.7. The van der Waals surface area contributed by atoms with Gasteiger partial charge in [-0.3, -0.25) is 14.8 Å². The summed E-state index contributed by atoms with van der Waals surface area (Å²) in [4.78, 5) is 26.8. The molecule has 0 aromatic carbocycles. The van der Waals surface area contributed by atoms with Crippen LogP contribution in [0.2, 0.25) is 0 Å². The summed E-state index contributed by atoms with van der Waals surface area (Å²) in [6, 6.07) is 2.25. The average Bonchev–Trinajstić information content (AvgIpc) is 3.49. The number of rotatable bonds is 2. The van der Waals surface area contributed by atoms with E-state index in [1.54, 1.807) is 12.4 Å². The molecule has 6 heterocycles. The molecule has 4 aliphatic rings. The Morgan fingerprint density at radius 1 is 1.30 bits per heavy atom. The van der Waals surface area contributed by atoms with Crippen molar-refractivity contribution in [1.29, 1.82) is 0 Å². The Bertz CT molecular complexity index is 945. The van der Waals surface area contributed by atoms with Crippen LogP contribution in [0.25, 0.3) is 10.6 Å². The number of amides is 1. The lowest BCUT2D eigenvalue weighted by molar-refractivity contribution is -0.151. The molecule has 1 amide bonds. The van der Waals surface area contributed by atoms with Gasteiger partial charge in [-0.05, 0) is 24.5 Å². The number of nitrogens with zero attached hydrogens (tertiary/aromatic N) is 3. The van der Waals surface area contributed by atoms with Crippen molar-refractivity contribution in [3.63, 3.8) is 0 Å². The van der Waals surface area contributed by atoms with Gasteiger partial charge in [-0.2, -0.15) is 0 Å². The molecule has 8 heteroatoms. The molecule has 3 saturated heterocycles. The molecule has 0 aliphatic carbocycles. The number of carbonyl (C=O) groups is 1. The minimum atomic E-state index is -0.357. The minimum absolute atomic E-state index is 0.270. The normalized spacial score (nSPS) is 29.7. The molecular formula is C22H26N4O3S. The maximum atomic E-state index is 13.5. The van der Waals surface area contributed by atoms with Gasteiger partial charge >= 0.3 is 0 Å². The molecule has 2 aromatic heterocycles. The SMILES string of the molecule is O=C(N1CCC2(CC1)OCCc1sc(-c3cnccn3)cc12)[C@]12CNC[C@H]1COC2. The number of thiophene rings is 1. The number of piperidine rings is 1. The van der Waals surface area contributed by atoms with E-state index < -0.39 is 0 Å². The van der Waals surface area contributed by atoms with Crippen molar-refractivity contribution in [1.82, 2.24) is 20.2 Å². The van der Waals surface area contributed by atoms with Gasteiger partial charge in [0.25, 0.3) is 0 Å². The Balaban J connectivity index is 1.23. The predicted octanol–water partition coefficient (Wildman–Crippen LogP) is 1.83. The first-order valence-electron chi connectivity index (χ1n) is 10.8. The van der Waals surface area contributed by atoms with Crippen LogP contribution in [0.4, 0.5) is 0 Å². The molecule has 158 valence electrons. The van der Waals surface area contributed by atoms with Crippen LogP contribution in [0.1, 0.15) is 23.3 Å². The van der Waals surface area contributed by atoms with Crippen LogP contribution in [-0.4, -0.2) is 66.8 Å². The van der Waals surface area contributed by atoms with Crippen LogP contribution in [0.3, 0.4) is 0 Å². The highest BCUT2D eigenvalue weighted by molar-refractivity contribution is 7.15. The molecule has 1 spiro atoms. The second kappa shape index (κ2) is 7.09. The second-order valence-electron chi connectivity index (χ2n) is 8.92. The molecule has 1 N–H and O–H groups in total. The molecule has 6 rings (SSSR count). The summed E-state index contributed by atoms with van der Waals surface area (Å²) in [6.45, 7) is 5.10. The highest BCUT2D eigenvalue weighted by Gasteiger charge is 2.55. The Labute approximate surface area is 179 Å². The maximum absolute atomic E-state index is 13.5. The molecule has 4 aliphatic heterocycles. The summed E-state index contributed by atoms with van der Waals surface area (Å²) >= 11 is 1.81. The van der Waals surface area contributed by atoms with Gasteiger partial charge in [-0.15, -0.1) is 11.3 Å². The van der Waals surface area contributed by atoms with Gasteiger partial charge in [0.1, 0.15) is 0 Å². The number of likely N-dealkylation sites (tertiary alicyclic amines) is 1. The molecule has 2 atom stereocenters. The summed E-state index contributed by atoms with van der Waals surface area (Å²) in [5.74, 6) is 0.580. The van der Waals surface area contributed by atoms with E-state index in [9.17, 15) is 4.79 Å². The lowest BCUT2D eigenvalue weighted by atomic mass is 9.77. The van der Waals surface area contributed by atoms with Gasteiger partial charge in [-0.25, -0.2) is 0 Å². The van der Waals surface area contributed by atoms with Crippen LogP contribution < -0.4 is 5.32 Å². The molecule has 0 bridgehead atoms. The van der Waals surface area contributed by atoms with Gasteiger partial charge in [0.15, 0.2) is 0 Å². The van der Waals surface area contributed by atoms with Crippen LogP contribution in [0.15, 0.2) is 24.7 Å². The third-order valence-corrected chi connectivity index (χ3v) is 8.62. The summed E-state index contributed by atoms with van der Waals surface area (Å²) in [5.41, 5.74) is 1.58. The quantitative estimate of drug-likeness (QED) is 0.790. The van der Waals surface area contributed by atoms with Crippen molar-refractivity contribution < 1.29 is 14.3 Å². The van der Waals surface area contributed by atoms with Crippen molar-refractivity contribution >= 4 is 17.2 Å². The molecule has 7 nitrogen and oxygen atoms in total. The maximum Gasteiger partial charge on any atom is 0.232 e. The Morgan fingerprint density at radius 3 is 3.03 bits per heavy atom. The Hall–Kier alpha value is -1.87. The number of carbonyl (C=O) groups excluding carboxylic acids is 1. The fourth-order valence-electron chi connectivity index (χ4n) is 5.66. The van der Waals surface area contributed by atoms with Crippen molar-refractivity contribution in [3.8, 4) is 10.6 Å². The van der Waals surface area contributed by atoms with E-state index in [-0.39, 0.29) is 16.9 Å². The molecular weight excluding hydrogens is 400 g/mol. The first-order chi connectivity index (χ1) is 14.7. The summed E-state index contributed by atoms with van der Waals surface area (Å²) in [7, 11) is 0. The monoisotopic (exact) mass is 426 g/mol. The molecule has 30 heavy (non-hydrogen) atoms. The smallest absolute Gasteiger partial charge is 0.232 e. The van der Waals surface area contributed by atoms with Crippen molar-refractivity contribution in [2.75, 3.05) is 46.0 Å². The van der Waals surface area contributed by atoms with Gasteiger partial charge in [0, 0.05) is 55.8 Å². The van der Waals surface area contributed by atoms with Crippen molar-refractivity contribution in [3.05, 3.63) is 35.1 Å². The average molecular weight is 427 g/mol. The number of hydrogen-bond acceptors (Lipinski definition) is 7. The summed E-state index contributed by atoms with van der Waals surface area (Å²) in [6.07, 6.45) is 7.89. The number of fused-ring (bicyclic) bond motifs is 3. The van der Waals surface area contributed by atoms with Gasteiger partial charge in [0.05, 0.1) is 47.6 Å². The standard InChI is InChI=1S/C22H26N4O3S/c27-20(21-13-24-10-15(21)12-28-14-21)26-6-2-22(3-7-26)16-9-19(17-11-23-4-5-25-17)30-18(16)1-8-29-22/h4-5,9,11,15,24H,1-3,6-8,10,12-14H2/t15-,21-/m0/s1. The second-order valence-corrected chi connectivity index (χ2v) is 10.1. The third-order valence-electron chi connectivity index (χ3n) is 7.40. The predicted molar refractivity (Wildman–Crippen MR) is 112 cm³/mol. The number of hydrogen-bond donors (Lipinski definition) is 1. The molecule has 3 fully saturated rings. The van der Waals surface area contributed by atoms with Crippen LogP contribution in [0, 0.1) is 11.3 Å². The van der Waals surface area contributed by atoms with Gasteiger partial charge < -0.3 is 19.7 Å². The molecule has 0 unspecified atom stereocenters. The minimum Gasteiger partial charge on any atom is -0.380 e. The van der Waals surface area contributed by atoms with Crippen molar-refractivity contribution in [2.45, 2.75) is 24.9 Å². The van der Waals surface area contributed by atoms with E-state index in [0.717, 1.165) is 62.6 Å². The topological polar surface area (TPSA) is 76.6 Å². The lowest BCUT2D eigenvalue weighted by Crippen LogP contribution is -2.54. The molecule has 2 aromatic rings. The van der Waals surface area contributed by atoms with Crippen molar-refractivity contribution in [2.24, 2.45) is 11.3 Å². The van der Waals surface area contributed by atoms with E-state index in [1.807, 2.05) is 17.5 Å². The van der Waals surface area contributed by atoms with Crippen LogP contribution >= 0.6 is 11.3 Å². The Kier molecular flexibility index (Phi) is 4.46. The number of nitrogens with one attached hydrogen (secondary N) is 1. The van der Waals surface area contributed by atoms with E-state index >= 15 is 0 Å². The number of aromatic nitrogens is 2. The third kappa shape index (κ3) is 2.77. The van der Waals surface area contributed by atoms with Gasteiger partial charge in [0.2, 0.25) is 5.91 Å². The Morgan fingerprint density at radius 2 is 2.20 bits per heavy atom. The lowest BCUT2D eigenvalue weighted by Gasteiger charge is -2.45.